The van der Waals surface area contributed by atoms with Gasteiger partial charge in [0.05, 0.1) is 6.54 Å². The minimum absolute atomic E-state index is 0.193. The van der Waals surface area contributed by atoms with Crippen LogP contribution in [0.25, 0.3) is 0 Å². The van der Waals surface area contributed by atoms with Gasteiger partial charge in [-0.15, -0.1) is 0 Å². The molecule has 0 unspecified atom stereocenters. The van der Waals surface area contributed by atoms with E-state index in [-0.39, 0.29) is 11.7 Å². The van der Waals surface area contributed by atoms with Crippen molar-refractivity contribution < 1.29 is 10.0 Å². The van der Waals surface area contributed by atoms with Gasteiger partial charge in [-0.2, -0.15) is 0 Å². The third-order valence-corrected chi connectivity index (χ3v) is 2.54. The van der Waals surface area contributed by atoms with E-state index in [1.807, 2.05) is 11.8 Å². The smallest absolute Gasteiger partial charge is 0.222 e. The summed E-state index contributed by atoms with van der Waals surface area (Å²) < 4.78 is 0. The molecule has 1 fully saturated rings. The zero-order valence-electron chi connectivity index (χ0n) is 9.02. The number of hydrogen-bond donors (Lipinski definition) is 2. The van der Waals surface area contributed by atoms with Crippen molar-refractivity contribution in [1.29, 1.82) is 0 Å². The van der Waals surface area contributed by atoms with E-state index in [4.69, 9.17) is 10.9 Å². The third kappa shape index (κ3) is 3.39. The summed E-state index contributed by atoms with van der Waals surface area (Å²) in [5.74, 6) is 0.406. The van der Waals surface area contributed by atoms with Crippen LogP contribution in [0.15, 0.2) is 5.16 Å². The molecule has 0 atom stereocenters. The first kappa shape index (κ1) is 11.8. The van der Waals surface area contributed by atoms with Gasteiger partial charge in [-0.1, -0.05) is 12.1 Å². The molecule has 1 rings (SSSR count). The van der Waals surface area contributed by atoms with Gasteiger partial charge in [0.15, 0.2) is 5.84 Å². The Bertz CT molecular complexity index is 246. The monoisotopic (exact) mass is 214 g/mol. The number of amides is 1. The maximum Gasteiger partial charge on any atom is 0.222 e. The maximum atomic E-state index is 11.4. The summed E-state index contributed by atoms with van der Waals surface area (Å²) in [6.45, 7) is 5.34. The van der Waals surface area contributed by atoms with E-state index >= 15 is 0 Å². The Labute approximate surface area is 89.3 Å². The SMILES string of the molecule is CCC(=O)N1CCN(CC(N)=NO)CC1. The molecule has 1 saturated heterocycles. The standard InChI is InChI=1S/C9H18N4O2/c1-2-9(14)13-5-3-12(4-6-13)7-8(10)11-15/h15H,2-7H2,1H3,(H2,10,11). The van der Waals surface area contributed by atoms with Crippen molar-refractivity contribution in [2.75, 3.05) is 32.7 Å². The van der Waals surface area contributed by atoms with Crippen molar-refractivity contribution in [3.8, 4) is 0 Å². The van der Waals surface area contributed by atoms with E-state index in [1.165, 1.54) is 0 Å². The molecule has 86 valence electrons. The minimum Gasteiger partial charge on any atom is -0.409 e. The van der Waals surface area contributed by atoms with Crippen LogP contribution in [0, 0.1) is 0 Å². The first-order valence-corrected chi connectivity index (χ1v) is 5.14. The Hall–Kier alpha value is -1.30. The zero-order valence-corrected chi connectivity index (χ0v) is 9.02. The molecule has 6 nitrogen and oxygen atoms in total. The summed E-state index contributed by atoms with van der Waals surface area (Å²) >= 11 is 0. The molecule has 0 spiro atoms. The van der Waals surface area contributed by atoms with Gasteiger partial charge in [0.25, 0.3) is 0 Å². The van der Waals surface area contributed by atoms with Crippen LogP contribution in [-0.4, -0.2) is 59.5 Å². The molecule has 0 aromatic rings. The summed E-state index contributed by atoms with van der Waals surface area (Å²) in [7, 11) is 0. The fraction of sp³-hybridized carbons (Fsp3) is 0.778. The molecule has 15 heavy (non-hydrogen) atoms. The van der Waals surface area contributed by atoms with Gasteiger partial charge in [0.1, 0.15) is 0 Å². The van der Waals surface area contributed by atoms with Crippen LogP contribution in [0.3, 0.4) is 0 Å². The fourth-order valence-corrected chi connectivity index (χ4v) is 1.64. The van der Waals surface area contributed by atoms with Crippen LogP contribution in [0.5, 0.6) is 0 Å². The number of carbonyl (C=O) groups excluding carboxylic acids is 1. The highest BCUT2D eigenvalue weighted by molar-refractivity contribution is 5.81. The molecular formula is C9H18N4O2. The maximum absolute atomic E-state index is 11.4. The number of nitrogens with two attached hydrogens (primary N) is 1. The molecular weight excluding hydrogens is 196 g/mol. The molecule has 1 heterocycles. The van der Waals surface area contributed by atoms with Gasteiger partial charge >= 0.3 is 0 Å². The molecule has 0 aliphatic carbocycles. The highest BCUT2D eigenvalue weighted by Crippen LogP contribution is 2.03. The molecule has 0 aromatic carbocycles. The van der Waals surface area contributed by atoms with Crippen LogP contribution in [0.4, 0.5) is 0 Å². The molecule has 0 aromatic heterocycles. The Morgan fingerprint density at radius 2 is 2.00 bits per heavy atom. The zero-order chi connectivity index (χ0) is 11.3. The number of carbonyl (C=O) groups is 1. The van der Waals surface area contributed by atoms with E-state index in [1.54, 1.807) is 0 Å². The number of nitrogens with zero attached hydrogens (tertiary/aromatic N) is 3. The Morgan fingerprint density at radius 1 is 1.40 bits per heavy atom. The van der Waals surface area contributed by atoms with Gasteiger partial charge in [0.2, 0.25) is 5.91 Å². The van der Waals surface area contributed by atoms with Crippen molar-refractivity contribution in [2.45, 2.75) is 13.3 Å². The number of piperazine rings is 1. The normalized spacial score (nSPS) is 19.3. The fourth-order valence-electron chi connectivity index (χ4n) is 1.64. The van der Waals surface area contributed by atoms with Crippen molar-refractivity contribution in [3.05, 3.63) is 0 Å². The average Bonchev–Trinajstić information content (AvgIpc) is 2.29. The predicted molar refractivity (Wildman–Crippen MR) is 56.7 cm³/mol. The highest BCUT2D eigenvalue weighted by Gasteiger charge is 2.20. The number of oxime groups is 1. The molecule has 0 bridgehead atoms. The van der Waals surface area contributed by atoms with Gasteiger partial charge in [0, 0.05) is 32.6 Å². The number of hydrogen-bond acceptors (Lipinski definition) is 4. The Morgan fingerprint density at radius 3 is 2.47 bits per heavy atom. The quantitative estimate of drug-likeness (QED) is 0.281. The van der Waals surface area contributed by atoms with Crippen LogP contribution in [0.2, 0.25) is 0 Å². The van der Waals surface area contributed by atoms with Crippen molar-refractivity contribution in [3.63, 3.8) is 0 Å². The Balaban J connectivity index is 2.33. The second kappa shape index (κ2) is 5.55. The summed E-state index contributed by atoms with van der Waals surface area (Å²) in [6.07, 6.45) is 0.556. The van der Waals surface area contributed by atoms with Gasteiger partial charge in [-0.3, -0.25) is 9.69 Å². The van der Waals surface area contributed by atoms with E-state index in [0.717, 1.165) is 26.2 Å². The molecule has 1 amide bonds. The lowest BCUT2D eigenvalue weighted by Crippen LogP contribution is -2.50. The average molecular weight is 214 g/mol. The van der Waals surface area contributed by atoms with Crippen LogP contribution < -0.4 is 5.73 Å². The van der Waals surface area contributed by atoms with E-state index < -0.39 is 0 Å². The largest absolute Gasteiger partial charge is 0.409 e. The molecule has 1 aliphatic rings. The van der Waals surface area contributed by atoms with Gasteiger partial charge in [-0.25, -0.2) is 0 Å². The molecule has 0 saturated carbocycles. The van der Waals surface area contributed by atoms with Crippen LogP contribution in [0.1, 0.15) is 13.3 Å². The number of rotatable bonds is 3. The predicted octanol–water partition coefficient (Wildman–Crippen LogP) is -0.713. The summed E-state index contributed by atoms with van der Waals surface area (Å²) in [4.78, 5) is 15.3. The second-order valence-electron chi connectivity index (χ2n) is 3.60. The van der Waals surface area contributed by atoms with Crippen molar-refractivity contribution in [1.82, 2.24) is 9.80 Å². The summed E-state index contributed by atoms with van der Waals surface area (Å²) in [6, 6.07) is 0. The Kier molecular flexibility index (Phi) is 4.36. The van der Waals surface area contributed by atoms with Crippen molar-refractivity contribution >= 4 is 11.7 Å². The lowest BCUT2D eigenvalue weighted by molar-refractivity contribution is -0.132. The van der Waals surface area contributed by atoms with E-state index in [0.29, 0.717) is 13.0 Å². The van der Waals surface area contributed by atoms with Gasteiger partial charge in [-0.05, 0) is 0 Å². The topological polar surface area (TPSA) is 82.2 Å². The molecule has 0 radical (unpaired) electrons. The van der Waals surface area contributed by atoms with Crippen molar-refractivity contribution in [2.24, 2.45) is 10.9 Å². The minimum atomic E-state index is 0.193. The van der Waals surface area contributed by atoms with Crippen LogP contribution in [-0.2, 0) is 4.79 Å². The first-order valence-electron chi connectivity index (χ1n) is 5.14. The highest BCUT2D eigenvalue weighted by atomic mass is 16.4. The van der Waals surface area contributed by atoms with Gasteiger partial charge < -0.3 is 15.8 Å². The second-order valence-corrected chi connectivity index (χ2v) is 3.60. The first-order chi connectivity index (χ1) is 7.17. The number of amidine groups is 1. The lowest BCUT2D eigenvalue weighted by Gasteiger charge is -2.34. The lowest BCUT2D eigenvalue weighted by atomic mass is 10.3. The summed E-state index contributed by atoms with van der Waals surface area (Å²) in [5.41, 5.74) is 5.40. The van der Waals surface area contributed by atoms with Crippen LogP contribution >= 0.6 is 0 Å². The molecule has 3 N–H and O–H groups in total. The third-order valence-electron chi connectivity index (χ3n) is 2.54. The molecule has 1 aliphatic heterocycles. The summed E-state index contributed by atoms with van der Waals surface area (Å²) in [5, 5.41) is 11.3. The van der Waals surface area contributed by atoms with E-state index in [9.17, 15) is 4.79 Å². The molecule has 6 heteroatoms. The van der Waals surface area contributed by atoms with E-state index in [2.05, 4.69) is 10.1 Å².